The molecule has 3 aromatic heterocycles. The number of rotatable bonds is 4. The second-order valence-electron chi connectivity index (χ2n) is 6.08. The van der Waals surface area contributed by atoms with Gasteiger partial charge in [0.25, 0.3) is 5.89 Å². The molecule has 27 heavy (non-hydrogen) atoms. The van der Waals surface area contributed by atoms with Crippen LogP contribution in [0.5, 0.6) is 0 Å². The van der Waals surface area contributed by atoms with Gasteiger partial charge in [0.1, 0.15) is 4.88 Å². The number of hydrogen-bond acceptors (Lipinski definition) is 8. The maximum absolute atomic E-state index is 5.58. The van der Waals surface area contributed by atoms with Crippen molar-refractivity contribution >= 4 is 11.3 Å². The van der Waals surface area contributed by atoms with Gasteiger partial charge in [0.2, 0.25) is 0 Å². The van der Waals surface area contributed by atoms with E-state index in [1.807, 2.05) is 42.5 Å². The van der Waals surface area contributed by atoms with E-state index in [1.165, 1.54) is 11.3 Å². The Hall–Kier alpha value is -2.81. The SMILES string of the molecule is c1ccc(-c2nc(-c3ccco3)sc2-c2nc(C3COCCN3)no2)cc1. The molecule has 0 saturated carbocycles. The molecule has 0 radical (unpaired) electrons. The minimum atomic E-state index is -0.0612. The molecule has 1 N–H and O–H groups in total. The van der Waals surface area contributed by atoms with Gasteiger partial charge in [-0.05, 0) is 12.1 Å². The van der Waals surface area contributed by atoms with Gasteiger partial charge in [0.15, 0.2) is 16.6 Å². The quantitative estimate of drug-likeness (QED) is 0.576. The van der Waals surface area contributed by atoms with Crippen LogP contribution in [0.3, 0.4) is 0 Å². The van der Waals surface area contributed by atoms with E-state index in [-0.39, 0.29) is 6.04 Å². The maximum atomic E-state index is 5.58. The summed E-state index contributed by atoms with van der Waals surface area (Å²) in [6.45, 7) is 2.00. The fourth-order valence-corrected chi connectivity index (χ4v) is 3.94. The van der Waals surface area contributed by atoms with E-state index in [4.69, 9.17) is 18.7 Å². The molecule has 136 valence electrons. The Labute approximate surface area is 159 Å². The van der Waals surface area contributed by atoms with E-state index in [2.05, 4.69) is 15.5 Å². The highest BCUT2D eigenvalue weighted by molar-refractivity contribution is 7.18. The van der Waals surface area contributed by atoms with Crippen molar-refractivity contribution in [1.29, 1.82) is 0 Å². The predicted octanol–water partition coefficient (Wildman–Crippen LogP) is 3.78. The van der Waals surface area contributed by atoms with Gasteiger partial charge in [-0.2, -0.15) is 4.98 Å². The first-order valence-corrected chi connectivity index (χ1v) is 9.45. The molecule has 1 fully saturated rings. The zero-order valence-electron chi connectivity index (χ0n) is 14.3. The van der Waals surface area contributed by atoms with E-state index < -0.39 is 0 Å². The maximum Gasteiger partial charge on any atom is 0.270 e. The van der Waals surface area contributed by atoms with E-state index in [1.54, 1.807) is 6.26 Å². The fourth-order valence-electron chi connectivity index (χ4n) is 2.96. The number of aromatic nitrogens is 3. The molecule has 1 unspecified atom stereocenters. The summed E-state index contributed by atoms with van der Waals surface area (Å²) in [4.78, 5) is 10.2. The molecule has 1 aromatic carbocycles. The van der Waals surface area contributed by atoms with E-state index in [0.29, 0.717) is 30.7 Å². The summed E-state index contributed by atoms with van der Waals surface area (Å²) in [6, 6.07) is 13.6. The number of nitrogens with one attached hydrogen (secondary N) is 1. The Morgan fingerprint density at radius 1 is 1.07 bits per heavy atom. The molecule has 0 bridgehead atoms. The lowest BCUT2D eigenvalue weighted by atomic mass is 10.1. The van der Waals surface area contributed by atoms with Crippen LogP contribution in [-0.2, 0) is 4.74 Å². The fraction of sp³-hybridized carbons (Fsp3) is 0.211. The lowest BCUT2D eigenvalue weighted by Crippen LogP contribution is -2.35. The van der Waals surface area contributed by atoms with Crippen molar-refractivity contribution in [2.75, 3.05) is 19.8 Å². The van der Waals surface area contributed by atoms with Gasteiger partial charge in [-0.25, -0.2) is 4.98 Å². The first-order chi connectivity index (χ1) is 13.4. The molecule has 1 saturated heterocycles. The van der Waals surface area contributed by atoms with Crippen LogP contribution in [0.15, 0.2) is 57.7 Å². The molecule has 0 aliphatic carbocycles. The largest absolute Gasteiger partial charge is 0.462 e. The van der Waals surface area contributed by atoms with Crippen LogP contribution in [0.1, 0.15) is 11.9 Å². The van der Waals surface area contributed by atoms with Crippen molar-refractivity contribution in [3.05, 3.63) is 54.6 Å². The lowest BCUT2D eigenvalue weighted by Gasteiger charge is -2.20. The average Bonchev–Trinajstić information content (AvgIpc) is 3.49. The summed E-state index contributed by atoms with van der Waals surface area (Å²) in [6.07, 6.45) is 1.64. The molecule has 5 rings (SSSR count). The number of thiazole rings is 1. The first-order valence-electron chi connectivity index (χ1n) is 8.64. The highest BCUT2D eigenvalue weighted by Crippen LogP contribution is 2.40. The van der Waals surface area contributed by atoms with Crippen LogP contribution in [0.25, 0.3) is 32.8 Å². The monoisotopic (exact) mass is 380 g/mol. The van der Waals surface area contributed by atoms with E-state index >= 15 is 0 Å². The van der Waals surface area contributed by atoms with Gasteiger partial charge in [-0.1, -0.05) is 35.5 Å². The third kappa shape index (κ3) is 3.18. The molecule has 4 aromatic rings. The van der Waals surface area contributed by atoms with Crippen molar-refractivity contribution in [3.63, 3.8) is 0 Å². The van der Waals surface area contributed by atoms with E-state index in [9.17, 15) is 0 Å². The van der Waals surface area contributed by atoms with Gasteiger partial charge in [-0.15, -0.1) is 11.3 Å². The highest BCUT2D eigenvalue weighted by Gasteiger charge is 2.25. The molecule has 8 heteroatoms. The second-order valence-corrected chi connectivity index (χ2v) is 7.08. The summed E-state index contributed by atoms with van der Waals surface area (Å²) >= 11 is 1.47. The third-order valence-electron chi connectivity index (χ3n) is 4.28. The summed E-state index contributed by atoms with van der Waals surface area (Å²) < 4.78 is 16.6. The Balaban J connectivity index is 1.57. The number of hydrogen-bond donors (Lipinski definition) is 1. The van der Waals surface area contributed by atoms with Crippen LogP contribution in [0.2, 0.25) is 0 Å². The molecular formula is C19H16N4O3S. The molecule has 1 atom stereocenters. The molecule has 1 aliphatic rings. The number of ether oxygens (including phenoxy) is 1. The van der Waals surface area contributed by atoms with Gasteiger partial charge in [0, 0.05) is 12.1 Å². The van der Waals surface area contributed by atoms with Crippen molar-refractivity contribution in [3.8, 4) is 32.8 Å². The van der Waals surface area contributed by atoms with Crippen molar-refractivity contribution in [2.24, 2.45) is 0 Å². The number of benzene rings is 1. The van der Waals surface area contributed by atoms with Crippen molar-refractivity contribution in [2.45, 2.75) is 6.04 Å². The Morgan fingerprint density at radius 3 is 2.78 bits per heavy atom. The van der Waals surface area contributed by atoms with Gasteiger partial charge in [0.05, 0.1) is 31.2 Å². The average molecular weight is 380 g/mol. The van der Waals surface area contributed by atoms with Gasteiger partial charge < -0.3 is 19.0 Å². The Morgan fingerprint density at radius 2 is 2.00 bits per heavy atom. The number of morpholine rings is 1. The summed E-state index contributed by atoms with van der Waals surface area (Å²) in [5.41, 5.74) is 1.79. The van der Waals surface area contributed by atoms with Crippen LogP contribution in [0, 0.1) is 0 Å². The molecule has 0 amide bonds. The topological polar surface area (TPSA) is 86.2 Å². The summed E-state index contributed by atoms with van der Waals surface area (Å²) in [7, 11) is 0. The van der Waals surface area contributed by atoms with Crippen LogP contribution >= 0.6 is 11.3 Å². The normalized spacial score (nSPS) is 17.3. The summed E-state index contributed by atoms with van der Waals surface area (Å²) in [5.74, 6) is 1.76. The molecular weight excluding hydrogens is 364 g/mol. The van der Waals surface area contributed by atoms with Crippen molar-refractivity contribution in [1.82, 2.24) is 20.4 Å². The van der Waals surface area contributed by atoms with E-state index in [0.717, 1.165) is 27.7 Å². The molecule has 4 heterocycles. The summed E-state index contributed by atoms with van der Waals surface area (Å²) in [5, 5.41) is 8.26. The van der Waals surface area contributed by atoms with Gasteiger partial charge in [-0.3, -0.25) is 0 Å². The highest BCUT2D eigenvalue weighted by atomic mass is 32.1. The molecule has 0 spiro atoms. The minimum Gasteiger partial charge on any atom is -0.462 e. The zero-order chi connectivity index (χ0) is 18.1. The van der Waals surface area contributed by atoms with Crippen LogP contribution < -0.4 is 5.32 Å². The first kappa shape index (κ1) is 16.4. The van der Waals surface area contributed by atoms with Crippen LogP contribution in [-0.4, -0.2) is 34.9 Å². The zero-order valence-corrected chi connectivity index (χ0v) is 15.1. The number of furan rings is 1. The number of nitrogens with zero attached hydrogens (tertiary/aromatic N) is 3. The predicted molar refractivity (Wildman–Crippen MR) is 100 cm³/mol. The van der Waals surface area contributed by atoms with Crippen molar-refractivity contribution < 1.29 is 13.7 Å². The Bertz CT molecular complexity index is 1020. The second kappa shape index (κ2) is 7.07. The lowest BCUT2D eigenvalue weighted by molar-refractivity contribution is 0.0734. The standard InChI is InChI=1S/C19H16N4O3S/c1-2-5-12(6-3-1)15-16(27-19(21-15)14-7-4-9-25-14)18-22-17(23-26-18)13-11-24-10-8-20-13/h1-7,9,13,20H,8,10-11H2. The van der Waals surface area contributed by atoms with Gasteiger partial charge >= 0.3 is 0 Å². The molecule has 7 nitrogen and oxygen atoms in total. The molecule has 1 aliphatic heterocycles. The Kier molecular flexibility index (Phi) is 4.29. The third-order valence-corrected chi connectivity index (χ3v) is 5.33. The smallest absolute Gasteiger partial charge is 0.270 e. The van der Waals surface area contributed by atoms with Crippen LogP contribution in [0.4, 0.5) is 0 Å². The minimum absolute atomic E-state index is 0.0612.